The highest BCUT2D eigenvalue weighted by atomic mass is 32.2. The molecule has 5 heteroatoms. The molecule has 0 aliphatic heterocycles. The molecule has 1 aliphatic rings. The summed E-state index contributed by atoms with van der Waals surface area (Å²) in [5.41, 5.74) is 1.32. The molecule has 0 amide bonds. The molecule has 0 radical (unpaired) electrons. The molecule has 20 heavy (non-hydrogen) atoms. The maximum absolute atomic E-state index is 12.9. The highest BCUT2D eigenvalue weighted by Gasteiger charge is 2.34. The first kappa shape index (κ1) is 15.5. The van der Waals surface area contributed by atoms with Crippen molar-refractivity contribution in [2.75, 3.05) is 6.54 Å². The molecular formula is C15H23NO3S. The van der Waals surface area contributed by atoms with Crippen molar-refractivity contribution in [3.05, 3.63) is 29.3 Å². The van der Waals surface area contributed by atoms with Crippen LogP contribution in [0.5, 0.6) is 0 Å². The summed E-state index contributed by atoms with van der Waals surface area (Å²) in [5, 5.41) is 9.30. The second-order valence-corrected chi connectivity index (χ2v) is 7.67. The van der Waals surface area contributed by atoms with Gasteiger partial charge in [-0.05, 0) is 56.7 Å². The fraction of sp³-hybridized carbons (Fsp3) is 0.600. The molecule has 4 nitrogen and oxygen atoms in total. The summed E-state index contributed by atoms with van der Waals surface area (Å²) >= 11 is 0. The zero-order valence-electron chi connectivity index (χ0n) is 12.3. The highest BCUT2D eigenvalue weighted by molar-refractivity contribution is 7.89. The lowest BCUT2D eigenvalue weighted by molar-refractivity contribution is 0.280. The van der Waals surface area contributed by atoms with Crippen molar-refractivity contribution in [1.82, 2.24) is 4.31 Å². The van der Waals surface area contributed by atoms with E-state index in [1.165, 1.54) is 0 Å². The second kappa shape index (κ2) is 5.84. The Morgan fingerprint density at radius 1 is 1.35 bits per heavy atom. The summed E-state index contributed by atoms with van der Waals surface area (Å²) in [6.07, 6.45) is 2.24. The first-order valence-electron chi connectivity index (χ1n) is 7.09. The van der Waals surface area contributed by atoms with Gasteiger partial charge in [-0.1, -0.05) is 12.1 Å². The van der Waals surface area contributed by atoms with Gasteiger partial charge in [0.25, 0.3) is 0 Å². The number of sulfonamides is 1. The molecule has 0 aromatic heterocycles. The Morgan fingerprint density at radius 2 is 2.00 bits per heavy atom. The van der Waals surface area contributed by atoms with Gasteiger partial charge in [0.15, 0.2) is 0 Å². The van der Waals surface area contributed by atoms with Gasteiger partial charge in [-0.25, -0.2) is 8.42 Å². The van der Waals surface area contributed by atoms with Crippen LogP contribution >= 0.6 is 0 Å². The zero-order valence-corrected chi connectivity index (χ0v) is 13.2. The third-order valence-electron chi connectivity index (χ3n) is 3.86. The molecule has 1 aromatic carbocycles. The lowest BCUT2D eigenvalue weighted by atomic mass is 10.1. The number of aliphatic hydroxyl groups is 1. The van der Waals surface area contributed by atoms with Crippen LogP contribution in [0.1, 0.15) is 37.8 Å². The normalized spacial score (nSPS) is 16.1. The van der Waals surface area contributed by atoms with Crippen LogP contribution in [0.25, 0.3) is 0 Å². The second-order valence-electron chi connectivity index (χ2n) is 5.81. The zero-order chi connectivity index (χ0) is 14.9. The van der Waals surface area contributed by atoms with E-state index in [2.05, 4.69) is 0 Å². The number of aliphatic hydroxyl groups excluding tert-OH is 1. The largest absolute Gasteiger partial charge is 0.392 e. The van der Waals surface area contributed by atoms with Gasteiger partial charge < -0.3 is 5.11 Å². The van der Waals surface area contributed by atoms with Gasteiger partial charge in [0.05, 0.1) is 11.5 Å². The standard InChI is InChI=1S/C15H23NO3S/c1-11(2)16(9-13-7-8-13)20(18,19)15-6-4-5-14(10-17)12(15)3/h4-6,11,13,17H,7-10H2,1-3H3. The molecule has 2 rings (SSSR count). The predicted molar refractivity (Wildman–Crippen MR) is 78.9 cm³/mol. The fourth-order valence-electron chi connectivity index (χ4n) is 2.38. The molecule has 0 heterocycles. The van der Waals surface area contributed by atoms with Crippen LogP contribution in [-0.2, 0) is 16.6 Å². The predicted octanol–water partition coefficient (Wildman–Crippen LogP) is 2.30. The Balaban J connectivity index is 2.41. The third kappa shape index (κ3) is 3.05. The molecule has 0 saturated heterocycles. The summed E-state index contributed by atoms with van der Waals surface area (Å²) in [4.78, 5) is 0.318. The van der Waals surface area contributed by atoms with E-state index in [-0.39, 0.29) is 12.6 Å². The third-order valence-corrected chi connectivity index (χ3v) is 6.05. The molecule has 1 aromatic rings. The minimum Gasteiger partial charge on any atom is -0.392 e. The Hall–Kier alpha value is -0.910. The van der Waals surface area contributed by atoms with E-state index in [9.17, 15) is 13.5 Å². The van der Waals surface area contributed by atoms with Crippen LogP contribution in [-0.4, -0.2) is 30.4 Å². The Kier molecular flexibility index (Phi) is 4.52. The molecule has 112 valence electrons. The molecule has 1 saturated carbocycles. The summed E-state index contributed by atoms with van der Waals surface area (Å²) in [5.74, 6) is 0.508. The van der Waals surface area contributed by atoms with Gasteiger partial charge in [-0.15, -0.1) is 0 Å². The van der Waals surface area contributed by atoms with E-state index < -0.39 is 10.0 Å². The fourth-order valence-corrected chi connectivity index (χ4v) is 4.36. The van der Waals surface area contributed by atoms with Gasteiger partial charge in [0.2, 0.25) is 10.0 Å². The van der Waals surface area contributed by atoms with Crippen LogP contribution < -0.4 is 0 Å². The van der Waals surface area contributed by atoms with Gasteiger partial charge in [-0.3, -0.25) is 0 Å². The van der Waals surface area contributed by atoms with Crippen molar-refractivity contribution < 1.29 is 13.5 Å². The minimum atomic E-state index is -3.50. The summed E-state index contributed by atoms with van der Waals surface area (Å²) < 4.78 is 27.3. The average molecular weight is 297 g/mol. The number of rotatable bonds is 6. The van der Waals surface area contributed by atoms with Crippen molar-refractivity contribution in [2.45, 2.75) is 51.2 Å². The van der Waals surface area contributed by atoms with E-state index in [0.717, 1.165) is 12.8 Å². The maximum Gasteiger partial charge on any atom is 0.243 e. The minimum absolute atomic E-state index is 0.0576. The van der Waals surface area contributed by atoms with Crippen molar-refractivity contribution in [3.8, 4) is 0 Å². The quantitative estimate of drug-likeness (QED) is 0.876. The first-order chi connectivity index (χ1) is 9.37. The van der Waals surface area contributed by atoms with Crippen molar-refractivity contribution >= 4 is 10.0 Å². The molecule has 1 N–H and O–H groups in total. The average Bonchev–Trinajstić information content (AvgIpc) is 3.19. The lowest BCUT2D eigenvalue weighted by Crippen LogP contribution is -2.38. The molecule has 0 spiro atoms. The molecule has 1 fully saturated rings. The van der Waals surface area contributed by atoms with Crippen molar-refractivity contribution in [1.29, 1.82) is 0 Å². The van der Waals surface area contributed by atoms with Crippen molar-refractivity contribution in [3.63, 3.8) is 0 Å². The van der Waals surface area contributed by atoms with E-state index in [1.807, 2.05) is 13.8 Å². The van der Waals surface area contributed by atoms with Crippen LogP contribution in [0.3, 0.4) is 0 Å². The number of nitrogens with zero attached hydrogens (tertiary/aromatic N) is 1. The molecule has 0 atom stereocenters. The maximum atomic E-state index is 12.9. The Labute approximate surface area is 121 Å². The van der Waals surface area contributed by atoms with Gasteiger partial charge in [0, 0.05) is 12.6 Å². The van der Waals surface area contributed by atoms with E-state index in [4.69, 9.17) is 0 Å². The van der Waals surface area contributed by atoms with E-state index in [0.29, 0.717) is 28.5 Å². The van der Waals surface area contributed by atoms with Crippen LogP contribution in [0.15, 0.2) is 23.1 Å². The number of hydrogen-bond donors (Lipinski definition) is 1. The van der Waals surface area contributed by atoms with Crippen LogP contribution in [0, 0.1) is 12.8 Å². The Morgan fingerprint density at radius 3 is 2.50 bits per heavy atom. The molecule has 0 bridgehead atoms. The molecule has 1 aliphatic carbocycles. The van der Waals surface area contributed by atoms with Crippen molar-refractivity contribution in [2.24, 2.45) is 5.92 Å². The van der Waals surface area contributed by atoms with E-state index in [1.54, 1.807) is 29.4 Å². The number of benzene rings is 1. The highest BCUT2D eigenvalue weighted by Crippen LogP contribution is 2.33. The smallest absolute Gasteiger partial charge is 0.243 e. The molecular weight excluding hydrogens is 274 g/mol. The van der Waals surface area contributed by atoms with Crippen LogP contribution in [0.2, 0.25) is 0 Å². The van der Waals surface area contributed by atoms with E-state index >= 15 is 0 Å². The topological polar surface area (TPSA) is 57.6 Å². The van der Waals surface area contributed by atoms with Crippen LogP contribution in [0.4, 0.5) is 0 Å². The summed E-state index contributed by atoms with van der Waals surface area (Å²) in [7, 11) is -3.50. The number of hydrogen-bond acceptors (Lipinski definition) is 3. The van der Waals surface area contributed by atoms with Gasteiger partial charge in [-0.2, -0.15) is 4.31 Å². The van der Waals surface area contributed by atoms with Gasteiger partial charge >= 0.3 is 0 Å². The SMILES string of the molecule is Cc1c(CO)cccc1S(=O)(=O)N(CC1CC1)C(C)C. The van der Waals surface area contributed by atoms with Gasteiger partial charge in [0.1, 0.15) is 0 Å². The first-order valence-corrected chi connectivity index (χ1v) is 8.53. The summed E-state index contributed by atoms with van der Waals surface area (Å²) in [6, 6.07) is 5.03. The monoisotopic (exact) mass is 297 g/mol. The Bertz CT molecular complexity index is 577. The summed E-state index contributed by atoms with van der Waals surface area (Å²) in [6.45, 7) is 6.03. The molecule has 0 unspecified atom stereocenters. The lowest BCUT2D eigenvalue weighted by Gasteiger charge is -2.27.